The van der Waals surface area contributed by atoms with Crippen molar-refractivity contribution in [2.45, 2.75) is 24.8 Å². The summed E-state index contributed by atoms with van der Waals surface area (Å²) in [6.45, 7) is 3.46. The molecule has 30 heavy (non-hydrogen) atoms. The second-order valence-corrected chi connectivity index (χ2v) is 9.15. The highest BCUT2D eigenvalue weighted by Crippen LogP contribution is 2.23. The summed E-state index contributed by atoms with van der Waals surface area (Å²) in [6.07, 6.45) is 0. The Morgan fingerprint density at radius 2 is 1.53 bits per heavy atom. The van der Waals surface area contributed by atoms with Crippen molar-refractivity contribution in [3.05, 3.63) is 84.2 Å². The van der Waals surface area contributed by atoms with Crippen LogP contribution in [0.3, 0.4) is 0 Å². The summed E-state index contributed by atoms with van der Waals surface area (Å²) in [5.41, 5.74) is 2.16. The molecule has 0 heterocycles. The molecule has 0 aliphatic rings. The molecule has 1 amide bonds. The van der Waals surface area contributed by atoms with Gasteiger partial charge in [-0.05, 0) is 55.3 Å². The van der Waals surface area contributed by atoms with Crippen molar-refractivity contribution in [3.8, 4) is 11.1 Å². The third kappa shape index (κ3) is 4.58. The number of carbonyl (C=O) groups excluding carboxylic acids is 1. The monoisotopic (exact) mass is 426 g/mol. The summed E-state index contributed by atoms with van der Waals surface area (Å²) in [5, 5.41) is 2.62. The van der Waals surface area contributed by atoms with Crippen molar-refractivity contribution in [2.24, 2.45) is 0 Å². The van der Waals surface area contributed by atoms with Gasteiger partial charge in [0.05, 0.1) is 10.5 Å². The fraction of sp³-hybridized carbons (Fsp3) is 0.174. The lowest BCUT2D eigenvalue weighted by Crippen LogP contribution is -2.33. The molecular formula is C23H23FN2O3S. The first-order chi connectivity index (χ1) is 14.2. The Balaban J connectivity index is 1.83. The molecule has 0 saturated carbocycles. The number of amides is 1. The predicted molar refractivity (Wildman–Crippen MR) is 116 cm³/mol. The van der Waals surface area contributed by atoms with Crippen molar-refractivity contribution in [1.82, 2.24) is 4.31 Å². The van der Waals surface area contributed by atoms with Crippen LogP contribution in [0, 0.1) is 5.82 Å². The van der Waals surface area contributed by atoms with Crippen LogP contribution in [-0.2, 0) is 10.0 Å². The van der Waals surface area contributed by atoms with Crippen molar-refractivity contribution >= 4 is 21.6 Å². The zero-order chi connectivity index (χ0) is 21.9. The Bertz CT molecular complexity index is 1140. The molecule has 3 aromatic rings. The Hall–Kier alpha value is -3.03. The van der Waals surface area contributed by atoms with Crippen molar-refractivity contribution in [2.75, 3.05) is 12.4 Å². The zero-order valence-electron chi connectivity index (χ0n) is 17.0. The fourth-order valence-electron chi connectivity index (χ4n) is 2.86. The van der Waals surface area contributed by atoms with E-state index in [1.54, 1.807) is 26.0 Å². The molecule has 0 atom stereocenters. The molecule has 0 unspecified atom stereocenters. The molecular weight excluding hydrogens is 403 g/mol. The van der Waals surface area contributed by atoms with Gasteiger partial charge in [0.15, 0.2) is 0 Å². The van der Waals surface area contributed by atoms with Gasteiger partial charge in [-0.3, -0.25) is 4.79 Å². The van der Waals surface area contributed by atoms with E-state index in [0.29, 0.717) is 5.69 Å². The molecule has 0 aromatic heterocycles. The zero-order valence-corrected chi connectivity index (χ0v) is 17.8. The quantitative estimate of drug-likeness (QED) is 0.617. The summed E-state index contributed by atoms with van der Waals surface area (Å²) >= 11 is 0. The van der Waals surface area contributed by atoms with E-state index < -0.39 is 21.7 Å². The standard InChI is InChI=1S/C23H23FN2O3S/c1-16(2)26(3)30(28,29)20-13-14-22(24)21(15-20)23(27)25-19-11-9-18(10-12-19)17-7-5-4-6-8-17/h4-16H,1-3H3,(H,25,27). The predicted octanol–water partition coefficient (Wildman–Crippen LogP) is 4.77. The van der Waals surface area contributed by atoms with Gasteiger partial charge in [-0.25, -0.2) is 12.8 Å². The lowest BCUT2D eigenvalue weighted by atomic mass is 10.1. The van der Waals surface area contributed by atoms with E-state index in [-0.39, 0.29) is 16.5 Å². The van der Waals surface area contributed by atoms with E-state index >= 15 is 0 Å². The van der Waals surface area contributed by atoms with Crippen LogP contribution >= 0.6 is 0 Å². The van der Waals surface area contributed by atoms with Crippen LogP contribution in [-0.4, -0.2) is 31.7 Å². The third-order valence-electron chi connectivity index (χ3n) is 4.84. The minimum atomic E-state index is -3.83. The molecule has 0 radical (unpaired) electrons. The summed E-state index contributed by atoms with van der Waals surface area (Å²) in [6, 6.07) is 19.8. The normalized spacial score (nSPS) is 11.7. The number of hydrogen-bond acceptors (Lipinski definition) is 3. The molecule has 3 rings (SSSR count). The maximum Gasteiger partial charge on any atom is 0.258 e. The Kier molecular flexibility index (Phi) is 6.34. The highest BCUT2D eigenvalue weighted by Gasteiger charge is 2.25. The SMILES string of the molecule is CC(C)N(C)S(=O)(=O)c1ccc(F)c(C(=O)Nc2ccc(-c3ccccc3)cc2)c1. The highest BCUT2D eigenvalue weighted by atomic mass is 32.2. The number of carbonyl (C=O) groups is 1. The molecule has 156 valence electrons. The maximum absolute atomic E-state index is 14.3. The average molecular weight is 427 g/mol. The number of nitrogens with zero attached hydrogens (tertiary/aromatic N) is 1. The van der Waals surface area contributed by atoms with E-state index in [0.717, 1.165) is 29.3 Å². The van der Waals surface area contributed by atoms with E-state index in [1.807, 2.05) is 42.5 Å². The Morgan fingerprint density at radius 1 is 0.933 bits per heavy atom. The topological polar surface area (TPSA) is 66.5 Å². The molecule has 7 heteroatoms. The van der Waals surface area contributed by atoms with Crippen molar-refractivity contribution < 1.29 is 17.6 Å². The number of anilines is 1. The molecule has 0 fully saturated rings. The van der Waals surface area contributed by atoms with Crippen LogP contribution in [0.15, 0.2) is 77.7 Å². The summed E-state index contributed by atoms with van der Waals surface area (Å²) in [5.74, 6) is -1.51. The van der Waals surface area contributed by atoms with E-state index in [2.05, 4.69) is 5.32 Å². The number of nitrogens with one attached hydrogen (secondary N) is 1. The molecule has 0 aliphatic heterocycles. The van der Waals surface area contributed by atoms with Crippen molar-refractivity contribution in [3.63, 3.8) is 0 Å². The molecule has 5 nitrogen and oxygen atoms in total. The number of hydrogen-bond donors (Lipinski definition) is 1. The smallest absolute Gasteiger partial charge is 0.258 e. The van der Waals surface area contributed by atoms with Gasteiger partial charge in [-0.15, -0.1) is 0 Å². The lowest BCUT2D eigenvalue weighted by molar-refractivity contribution is 0.102. The van der Waals surface area contributed by atoms with Gasteiger partial charge >= 0.3 is 0 Å². The van der Waals surface area contributed by atoms with Gasteiger partial charge in [0.1, 0.15) is 5.82 Å². The van der Waals surface area contributed by atoms with Gasteiger partial charge in [-0.1, -0.05) is 42.5 Å². The molecule has 0 aliphatic carbocycles. The van der Waals surface area contributed by atoms with E-state index in [4.69, 9.17) is 0 Å². The average Bonchev–Trinajstić information content (AvgIpc) is 2.74. The minimum absolute atomic E-state index is 0.135. The fourth-order valence-corrected chi connectivity index (χ4v) is 4.25. The number of halogens is 1. The van der Waals surface area contributed by atoms with Crippen LogP contribution in [0.5, 0.6) is 0 Å². The third-order valence-corrected chi connectivity index (χ3v) is 6.87. The first-order valence-corrected chi connectivity index (χ1v) is 10.9. The summed E-state index contributed by atoms with van der Waals surface area (Å²) < 4.78 is 40.8. The first kappa shape index (κ1) is 21.7. The van der Waals surface area contributed by atoms with Crippen LogP contribution in [0.25, 0.3) is 11.1 Å². The largest absolute Gasteiger partial charge is 0.322 e. The summed E-state index contributed by atoms with van der Waals surface area (Å²) in [4.78, 5) is 12.5. The first-order valence-electron chi connectivity index (χ1n) is 9.44. The van der Waals surface area contributed by atoms with Gasteiger partial charge in [-0.2, -0.15) is 4.31 Å². The maximum atomic E-state index is 14.3. The second-order valence-electron chi connectivity index (χ2n) is 7.15. The molecule has 0 bridgehead atoms. The second kappa shape index (κ2) is 8.77. The van der Waals surface area contributed by atoms with Crippen LogP contribution < -0.4 is 5.32 Å². The van der Waals surface area contributed by atoms with Gasteiger partial charge in [0, 0.05) is 18.8 Å². The highest BCUT2D eigenvalue weighted by molar-refractivity contribution is 7.89. The Labute approximate surface area is 176 Å². The number of sulfonamides is 1. The van der Waals surface area contributed by atoms with Crippen molar-refractivity contribution in [1.29, 1.82) is 0 Å². The van der Waals surface area contributed by atoms with Crippen LogP contribution in [0.4, 0.5) is 10.1 Å². The van der Waals surface area contributed by atoms with Gasteiger partial charge in [0.2, 0.25) is 10.0 Å². The van der Waals surface area contributed by atoms with Gasteiger partial charge in [0.25, 0.3) is 5.91 Å². The molecule has 3 aromatic carbocycles. The van der Waals surface area contributed by atoms with E-state index in [9.17, 15) is 17.6 Å². The molecule has 0 spiro atoms. The van der Waals surface area contributed by atoms with E-state index in [1.165, 1.54) is 11.4 Å². The van der Waals surface area contributed by atoms with Crippen LogP contribution in [0.1, 0.15) is 24.2 Å². The molecule has 1 N–H and O–H groups in total. The molecule has 0 saturated heterocycles. The Morgan fingerprint density at radius 3 is 2.13 bits per heavy atom. The van der Waals surface area contributed by atoms with Crippen LogP contribution in [0.2, 0.25) is 0 Å². The number of rotatable bonds is 6. The van der Waals surface area contributed by atoms with Gasteiger partial charge < -0.3 is 5.32 Å². The number of benzene rings is 3. The minimum Gasteiger partial charge on any atom is -0.322 e. The lowest BCUT2D eigenvalue weighted by Gasteiger charge is -2.21. The summed E-state index contributed by atoms with van der Waals surface area (Å²) in [7, 11) is -2.39.